The molecular formula is C18H11Cl2N5O. The van der Waals surface area contributed by atoms with Crippen LogP contribution in [0.3, 0.4) is 0 Å². The molecule has 1 aromatic heterocycles. The van der Waals surface area contributed by atoms with E-state index in [-0.39, 0.29) is 11.6 Å². The van der Waals surface area contributed by atoms with Crippen LogP contribution in [0.2, 0.25) is 10.0 Å². The van der Waals surface area contributed by atoms with Crippen LogP contribution in [0.5, 0.6) is 0 Å². The van der Waals surface area contributed by atoms with E-state index in [4.69, 9.17) is 23.2 Å². The maximum atomic E-state index is 13.0. The van der Waals surface area contributed by atoms with Gasteiger partial charge in [-0.3, -0.25) is 4.79 Å². The summed E-state index contributed by atoms with van der Waals surface area (Å²) in [5, 5.41) is 5.29. The van der Waals surface area contributed by atoms with Gasteiger partial charge < -0.3 is 0 Å². The van der Waals surface area contributed by atoms with Gasteiger partial charge in [0.25, 0.3) is 5.91 Å². The van der Waals surface area contributed by atoms with Crippen molar-refractivity contribution in [3.63, 3.8) is 0 Å². The van der Waals surface area contributed by atoms with Gasteiger partial charge in [0.15, 0.2) is 0 Å². The highest BCUT2D eigenvalue weighted by atomic mass is 35.5. The molecule has 128 valence electrons. The molecule has 8 heteroatoms. The molecule has 0 saturated heterocycles. The minimum absolute atomic E-state index is 0.271. The molecule has 1 aliphatic heterocycles. The van der Waals surface area contributed by atoms with E-state index in [1.165, 1.54) is 22.2 Å². The number of rotatable bonds is 2. The fraction of sp³-hybridized carbons (Fsp3) is 0. The van der Waals surface area contributed by atoms with Crippen molar-refractivity contribution in [3.8, 4) is 0 Å². The average Bonchev–Trinajstić information content (AvgIpc) is 3.27. The van der Waals surface area contributed by atoms with Crippen LogP contribution in [-0.2, 0) is 4.79 Å². The summed E-state index contributed by atoms with van der Waals surface area (Å²) in [5.74, 6) is 0.0720. The van der Waals surface area contributed by atoms with Crippen LogP contribution in [0, 0.1) is 0 Å². The minimum Gasteiger partial charge on any atom is -0.266 e. The number of benzene rings is 2. The summed E-state index contributed by atoms with van der Waals surface area (Å²) < 4.78 is 1.44. The molecule has 6 nitrogen and oxygen atoms in total. The molecule has 0 aliphatic carbocycles. The molecular weight excluding hydrogens is 373 g/mol. The predicted octanol–water partition coefficient (Wildman–Crippen LogP) is 3.88. The van der Waals surface area contributed by atoms with Gasteiger partial charge in [-0.25, -0.2) is 14.9 Å². The topological polar surface area (TPSA) is 63.4 Å². The lowest BCUT2D eigenvalue weighted by Gasteiger charge is -2.17. The Labute approximate surface area is 159 Å². The van der Waals surface area contributed by atoms with Gasteiger partial charge in [-0.15, -0.1) is 0 Å². The first-order valence-electron chi connectivity index (χ1n) is 7.63. The monoisotopic (exact) mass is 383 g/mol. The summed E-state index contributed by atoms with van der Waals surface area (Å²) in [7, 11) is 0. The number of amides is 1. The van der Waals surface area contributed by atoms with Crippen LogP contribution >= 0.6 is 23.2 Å². The van der Waals surface area contributed by atoms with E-state index in [9.17, 15) is 4.79 Å². The van der Waals surface area contributed by atoms with E-state index in [1.54, 1.807) is 42.5 Å². The van der Waals surface area contributed by atoms with Crippen molar-refractivity contribution >= 4 is 46.8 Å². The van der Waals surface area contributed by atoms with E-state index in [0.717, 1.165) is 5.56 Å². The zero-order chi connectivity index (χ0) is 18.1. The van der Waals surface area contributed by atoms with Crippen LogP contribution in [-0.4, -0.2) is 26.6 Å². The maximum absolute atomic E-state index is 13.0. The third-order valence-electron chi connectivity index (χ3n) is 3.72. The predicted molar refractivity (Wildman–Crippen MR) is 101 cm³/mol. The van der Waals surface area contributed by atoms with Crippen LogP contribution < -0.4 is 4.90 Å². The summed E-state index contributed by atoms with van der Waals surface area (Å²) in [6.07, 6.45) is 4.57. The molecule has 3 aromatic rings. The van der Waals surface area contributed by atoms with Gasteiger partial charge in [-0.05, 0) is 48.0 Å². The molecule has 26 heavy (non-hydrogen) atoms. The fourth-order valence-electron chi connectivity index (χ4n) is 2.51. The van der Waals surface area contributed by atoms with Gasteiger partial charge >= 0.3 is 0 Å². The number of aliphatic imine (C=N–C) groups is 1. The van der Waals surface area contributed by atoms with Crippen molar-refractivity contribution in [1.29, 1.82) is 0 Å². The maximum Gasteiger partial charge on any atom is 0.283 e. The third kappa shape index (κ3) is 3.12. The molecule has 1 aliphatic rings. The van der Waals surface area contributed by atoms with E-state index < -0.39 is 0 Å². The van der Waals surface area contributed by atoms with Crippen LogP contribution in [0.15, 0.2) is 71.9 Å². The zero-order valence-corrected chi connectivity index (χ0v) is 14.8. The standard InChI is InChI=1S/C18H11Cl2N5O/c19-13-3-1-12(2-4-13)9-16-17(26)25(15-7-5-14(20)6-8-15)18(23-16)24-11-21-10-22-24/h1-11H/b16-9+. The van der Waals surface area contributed by atoms with Gasteiger partial charge in [0.1, 0.15) is 18.4 Å². The van der Waals surface area contributed by atoms with Crippen LogP contribution in [0.4, 0.5) is 5.69 Å². The van der Waals surface area contributed by atoms with E-state index in [1.807, 2.05) is 12.1 Å². The van der Waals surface area contributed by atoms with E-state index in [2.05, 4.69) is 15.1 Å². The third-order valence-corrected chi connectivity index (χ3v) is 4.23. The number of nitrogens with zero attached hydrogens (tertiary/aromatic N) is 5. The second-order valence-electron chi connectivity index (χ2n) is 5.45. The number of halogens is 2. The number of hydrogen-bond donors (Lipinski definition) is 0. The van der Waals surface area contributed by atoms with E-state index >= 15 is 0 Å². The Morgan fingerprint density at radius 2 is 1.58 bits per heavy atom. The van der Waals surface area contributed by atoms with Crippen LogP contribution in [0.1, 0.15) is 5.56 Å². The van der Waals surface area contributed by atoms with E-state index in [0.29, 0.717) is 21.7 Å². The van der Waals surface area contributed by atoms with Crippen molar-refractivity contribution in [3.05, 3.63) is 82.5 Å². The summed E-state index contributed by atoms with van der Waals surface area (Å²) in [5.41, 5.74) is 1.73. The highest BCUT2D eigenvalue weighted by molar-refractivity contribution is 6.31. The van der Waals surface area contributed by atoms with Crippen molar-refractivity contribution < 1.29 is 4.79 Å². The molecule has 0 atom stereocenters. The summed E-state index contributed by atoms with van der Waals surface area (Å²) in [6, 6.07) is 14.1. The molecule has 0 fully saturated rings. The Balaban J connectivity index is 1.79. The SMILES string of the molecule is O=C1/C(=C\c2ccc(Cl)cc2)N=C(n2cncn2)N1c1ccc(Cl)cc1. The fourth-order valence-corrected chi connectivity index (χ4v) is 2.76. The lowest BCUT2D eigenvalue weighted by Crippen LogP contribution is -2.36. The van der Waals surface area contributed by atoms with Gasteiger partial charge in [0.2, 0.25) is 5.96 Å². The molecule has 4 rings (SSSR count). The largest absolute Gasteiger partial charge is 0.283 e. The van der Waals surface area contributed by atoms with Crippen molar-refractivity contribution in [2.75, 3.05) is 4.90 Å². The smallest absolute Gasteiger partial charge is 0.266 e. The van der Waals surface area contributed by atoms with Gasteiger partial charge in [0.05, 0.1) is 5.69 Å². The average molecular weight is 384 g/mol. The first-order valence-corrected chi connectivity index (χ1v) is 8.38. The zero-order valence-electron chi connectivity index (χ0n) is 13.3. The van der Waals surface area contributed by atoms with Crippen molar-refractivity contribution in [2.45, 2.75) is 0 Å². The molecule has 2 aromatic carbocycles. The molecule has 0 radical (unpaired) electrons. The Kier molecular flexibility index (Phi) is 4.28. The lowest BCUT2D eigenvalue weighted by atomic mass is 10.2. The molecule has 0 bridgehead atoms. The molecule has 2 heterocycles. The Morgan fingerprint density at radius 3 is 2.19 bits per heavy atom. The summed E-state index contributed by atoms with van der Waals surface area (Å²) in [6.45, 7) is 0. The Bertz CT molecular complexity index is 1010. The molecule has 1 amide bonds. The Hall–Kier alpha value is -2.96. The Morgan fingerprint density at radius 1 is 0.923 bits per heavy atom. The number of aromatic nitrogens is 3. The molecule has 0 N–H and O–H groups in total. The number of carbonyl (C=O) groups excluding carboxylic acids is 1. The van der Waals surface area contributed by atoms with Gasteiger partial charge in [-0.1, -0.05) is 35.3 Å². The molecule has 0 spiro atoms. The number of carbonyl (C=O) groups is 1. The van der Waals surface area contributed by atoms with Gasteiger partial charge in [0, 0.05) is 10.0 Å². The lowest BCUT2D eigenvalue weighted by molar-refractivity contribution is -0.113. The summed E-state index contributed by atoms with van der Waals surface area (Å²) in [4.78, 5) is 22.8. The number of anilines is 1. The highest BCUT2D eigenvalue weighted by Gasteiger charge is 2.33. The first kappa shape index (κ1) is 16.5. The van der Waals surface area contributed by atoms with Crippen molar-refractivity contribution in [1.82, 2.24) is 14.8 Å². The van der Waals surface area contributed by atoms with Crippen molar-refractivity contribution in [2.24, 2.45) is 4.99 Å². The molecule has 0 unspecified atom stereocenters. The first-order chi connectivity index (χ1) is 12.6. The molecule has 0 saturated carbocycles. The summed E-state index contributed by atoms with van der Waals surface area (Å²) >= 11 is 11.9. The second-order valence-corrected chi connectivity index (χ2v) is 6.32. The van der Waals surface area contributed by atoms with Crippen LogP contribution in [0.25, 0.3) is 6.08 Å². The quantitative estimate of drug-likeness (QED) is 0.630. The second kappa shape index (κ2) is 6.74. The normalized spacial score (nSPS) is 15.6. The highest BCUT2D eigenvalue weighted by Crippen LogP contribution is 2.27. The van der Waals surface area contributed by atoms with Gasteiger partial charge in [-0.2, -0.15) is 9.78 Å². The number of hydrogen-bond acceptors (Lipinski definition) is 4. The minimum atomic E-state index is -0.271.